The van der Waals surface area contributed by atoms with Crippen molar-refractivity contribution < 1.29 is 4.74 Å². The number of fused-ring (bicyclic) bond motifs is 1. The molecule has 11 nitrogen and oxygen atoms in total. The van der Waals surface area contributed by atoms with E-state index in [0.717, 1.165) is 40.9 Å². The number of nitrogens with one attached hydrogen (secondary N) is 2. The van der Waals surface area contributed by atoms with Gasteiger partial charge >= 0.3 is 0 Å². The number of methoxy groups -OCH3 is 1. The fraction of sp³-hybridized carbons (Fsp3) is 0.227. The Morgan fingerprint density at radius 3 is 2.64 bits per heavy atom. The van der Waals surface area contributed by atoms with Gasteiger partial charge in [-0.05, 0) is 30.5 Å². The molecular weight excluding hydrogens is 420 g/mol. The maximum absolute atomic E-state index is 5.53. The second-order valence-corrected chi connectivity index (χ2v) is 7.75. The molecule has 0 amide bonds. The maximum atomic E-state index is 5.53. The van der Waals surface area contributed by atoms with Gasteiger partial charge in [0.25, 0.3) is 0 Å². The molecule has 1 saturated carbocycles. The molecule has 5 aromatic rings. The van der Waals surface area contributed by atoms with Gasteiger partial charge in [-0.1, -0.05) is 12.1 Å². The fourth-order valence-electron chi connectivity index (χ4n) is 3.77. The van der Waals surface area contributed by atoms with Crippen molar-refractivity contribution >= 4 is 17.0 Å². The van der Waals surface area contributed by atoms with Gasteiger partial charge in [0.05, 0.1) is 37.2 Å². The van der Waals surface area contributed by atoms with E-state index < -0.39 is 0 Å². The predicted octanol–water partition coefficient (Wildman–Crippen LogP) is 2.89. The van der Waals surface area contributed by atoms with Crippen LogP contribution in [0.5, 0.6) is 5.88 Å². The standard InChI is InChI=1S/C22H20N10O/c1-33-22-16(17(14-4-5-14)24-12-27-22)19-30-20(18-21(31-19)26-11-25-18)23-10-13-2-6-15(7-3-13)32-28-8-9-29-32/h2-3,6-9,11-12,14H,4-5,10H2,1H3,(H2,23,25,26,30,31). The van der Waals surface area contributed by atoms with Gasteiger partial charge in [0, 0.05) is 12.5 Å². The molecule has 33 heavy (non-hydrogen) atoms. The van der Waals surface area contributed by atoms with Gasteiger partial charge in [0.2, 0.25) is 5.88 Å². The van der Waals surface area contributed by atoms with E-state index in [9.17, 15) is 0 Å². The van der Waals surface area contributed by atoms with E-state index in [4.69, 9.17) is 9.72 Å². The van der Waals surface area contributed by atoms with E-state index in [1.54, 1.807) is 30.6 Å². The van der Waals surface area contributed by atoms with E-state index in [1.807, 2.05) is 24.3 Å². The van der Waals surface area contributed by atoms with Crippen molar-refractivity contribution in [1.29, 1.82) is 0 Å². The van der Waals surface area contributed by atoms with Crippen LogP contribution in [0.2, 0.25) is 0 Å². The number of hydrogen-bond donors (Lipinski definition) is 2. The Labute approximate surface area is 188 Å². The molecule has 0 bridgehead atoms. The quantitative estimate of drug-likeness (QED) is 0.392. The van der Waals surface area contributed by atoms with Gasteiger partial charge in [-0.15, -0.1) is 0 Å². The Kier molecular flexibility index (Phi) is 4.64. The summed E-state index contributed by atoms with van der Waals surface area (Å²) in [4.78, 5) is 27.4. The normalized spacial score (nSPS) is 13.4. The lowest BCUT2D eigenvalue weighted by atomic mass is 10.1. The third kappa shape index (κ3) is 3.63. The second kappa shape index (κ2) is 7.93. The maximum Gasteiger partial charge on any atom is 0.227 e. The van der Waals surface area contributed by atoms with Gasteiger partial charge in [-0.25, -0.2) is 24.9 Å². The van der Waals surface area contributed by atoms with Crippen LogP contribution in [0.25, 0.3) is 28.2 Å². The molecule has 0 unspecified atom stereocenters. The lowest BCUT2D eigenvalue weighted by molar-refractivity contribution is 0.397. The average molecular weight is 440 g/mol. The Bertz CT molecular complexity index is 1410. The lowest BCUT2D eigenvalue weighted by Gasteiger charge is -2.13. The van der Waals surface area contributed by atoms with Gasteiger partial charge in [-0.2, -0.15) is 15.0 Å². The van der Waals surface area contributed by atoms with Crippen LogP contribution in [0.3, 0.4) is 0 Å². The van der Waals surface area contributed by atoms with Crippen LogP contribution in [0, 0.1) is 0 Å². The Morgan fingerprint density at radius 1 is 1.06 bits per heavy atom. The highest BCUT2D eigenvalue weighted by molar-refractivity contribution is 5.85. The molecule has 1 aliphatic rings. The first kappa shape index (κ1) is 19.3. The predicted molar refractivity (Wildman–Crippen MR) is 120 cm³/mol. The highest BCUT2D eigenvalue weighted by atomic mass is 16.5. The molecule has 1 aliphatic carbocycles. The third-order valence-electron chi connectivity index (χ3n) is 5.55. The largest absolute Gasteiger partial charge is 0.480 e. The third-order valence-corrected chi connectivity index (χ3v) is 5.55. The van der Waals surface area contributed by atoms with Crippen LogP contribution < -0.4 is 10.1 Å². The van der Waals surface area contributed by atoms with Gasteiger partial charge < -0.3 is 15.0 Å². The molecule has 164 valence electrons. The molecule has 2 N–H and O–H groups in total. The number of hydrogen-bond acceptors (Lipinski definition) is 9. The van der Waals surface area contributed by atoms with E-state index in [1.165, 1.54) is 6.33 Å². The van der Waals surface area contributed by atoms with E-state index >= 15 is 0 Å². The van der Waals surface area contributed by atoms with Crippen molar-refractivity contribution in [3.05, 3.63) is 60.6 Å². The number of aromatic nitrogens is 9. The lowest BCUT2D eigenvalue weighted by Crippen LogP contribution is -2.07. The first-order chi connectivity index (χ1) is 16.3. The molecule has 0 aliphatic heterocycles. The molecule has 6 rings (SSSR count). The number of anilines is 1. The minimum Gasteiger partial charge on any atom is -0.480 e. The summed E-state index contributed by atoms with van der Waals surface area (Å²) in [6.45, 7) is 0.565. The molecule has 0 atom stereocenters. The summed E-state index contributed by atoms with van der Waals surface area (Å²) < 4.78 is 5.53. The zero-order valence-electron chi connectivity index (χ0n) is 17.8. The Morgan fingerprint density at radius 2 is 1.88 bits per heavy atom. The molecule has 0 spiro atoms. The highest BCUT2D eigenvalue weighted by Gasteiger charge is 2.31. The number of H-pyrrole nitrogens is 1. The Balaban J connectivity index is 1.33. The van der Waals surface area contributed by atoms with Crippen molar-refractivity contribution in [3.8, 4) is 23.0 Å². The number of rotatable bonds is 7. The number of ether oxygens (including phenoxy) is 1. The average Bonchev–Trinajstić information content (AvgIpc) is 3.34. The molecule has 0 radical (unpaired) electrons. The van der Waals surface area contributed by atoms with Gasteiger partial charge in [0.15, 0.2) is 17.3 Å². The SMILES string of the molecule is COc1ncnc(C2CC2)c1-c1nc(NCc2ccc(-n3nccn3)cc2)c2[nH]cnc2n1. The Hall–Kier alpha value is -4.41. The molecule has 1 fully saturated rings. The fourth-order valence-corrected chi connectivity index (χ4v) is 3.77. The zero-order valence-corrected chi connectivity index (χ0v) is 17.8. The summed E-state index contributed by atoms with van der Waals surface area (Å²) in [5.41, 5.74) is 4.93. The van der Waals surface area contributed by atoms with Gasteiger partial charge in [0.1, 0.15) is 17.4 Å². The van der Waals surface area contributed by atoms with Crippen molar-refractivity contribution in [2.45, 2.75) is 25.3 Å². The van der Waals surface area contributed by atoms with Gasteiger partial charge in [-0.3, -0.25) is 0 Å². The molecular formula is C22H20N10O. The number of benzene rings is 1. The summed E-state index contributed by atoms with van der Waals surface area (Å²) in [7, 11) is 1.59. The van der Waals surface area contributed by atoms with Crippen LogP contribution >= 0.6 is 0 Å². The minimum absolute atomic E-state index is 0.384. The first-order valence-corrected chi connectivity index (χ1v) is 10.6. The number of imidazole rings is 1. The summed E-state index contributed by atoms with van der Waals surface area (Å²) in [6.07, 6.45) is 8.63. The van der Waals surface area contributed by atoms with Crippen LogP contribution in [0.1, 0.15) is 30.0 Å². The first-order valence-electron chi connectivity index (χ1n) is 10.6. The van der Waals surface area contributed by atoms with E-state index in [-0.39, 0.29) is 0 Å². The van der Waals surface area contributed by atoms with Crippen LogP contribution in [0.4, 0.5) is 5.82 Å². The van der Waals surface area contributed by atoms with Crippen molar-refractivity contribution in [3.63, 3.8) is 0 Å². The van der Waals surface area contributed by atoms with E-state index in [0.29, 0.717) is 35.6 Å². The summed E-state index contributed by atoms with van der Waals surface area (Å²) in [6, 6.07) is 8.00. The highest BCUT2D eigenvalue weighted by Crippen LogP contribution is 2.45. The molecule has 1 aromatic carbocycles. The second-order valence-electron chi connectivity index (χ2n) is 7.75. The van der Waals surface area contributed by atoms with E-state index in [2.05, 4.69) is 40.4 Å². The van der Waals surface area contributed by atoms with Crippen LogP contribution in [-0.2, 0) is 6.54 Å². The smallest absolute Gasteiger partial charge is 0.227 e. The molecule has 0 saturated heterocycles. The van der Waals surface area contributed by atoms with Crippen LogP contribution in [-0.4, -0.2) is 52.0 Å². The summed E-state index contributed by atoms with van der Waals surface area (Å²) in [5.74, 6) is 2.00. The number of nitrogens with zero attached hydrogens (tertiary/aromatic N) is 8. The van der Waals surface area contributed by atoms with Crippen LogP contribution in [0.15, 0.2) is 49.3 Å². The number of aromatic amines is 1. The molecule has 4 heterocycles. The van der Waals surface area contributed by atoms with Crippen molar-refractivity contribution in [2.24, 2.45) is 0 Å². The minimum atomic E-state index is 0.384. The topological polar surface area (TPSA) is 132 Å². The molecule has 11 heteroatoms. The van der Waals surface area contributed by atoms with Crippen molar-refractivity contribution in [1.82, 2.24) is 44.9 Å². The molecule has 4 aromatic heterocycles. The van der Waals surface area contributed by atoms with Crippen molar-refractivity contribution in [2.75, 3.05) is 12.4 Å². The summed E-state index contributed by atoms with van der Waals surface area (Å²) in [5, 5.41) is 11.7. The summed E-state index contributed by atoms with van der Waals surface area (Å²) >= 11 is 0. The zero-order chi connectivity index (χ0) is 22.2. The monoisotopic (exact) mass is 440 g/mol.